The van der Waals surface area contributed by atoms with E-state index in [2.05, 4.69) is 28.2 Å². The highest BCUT2D eigenvalue weighted by molar-refractivity contribution is 9.09. The molecule has 90 valence electrons. The van der Waals surface area contributed by atoms with Crippen molar-refractivity contribution in [2.24, 2.45) is 5.92 Å². The first kappa shape index (κ1) is 13.3. The maximum absolute atomic E-state index is 11.5. The molecule has 0 aromatic carbocycles. The summed E-state index contributed by atoms with van der Waals surface area (Å²) in [6.45, 7) is 2.89. The fraction of sp³-hybridized carbons (Fsp3) is 0.583. The van der Waals surface area contributed by atoms with E-state index in [0.29, 0.717) is 18.8 Å². The number of nitrogens with one attached hydrogen (secondary N) is 1. The first-order valence-electron chi connectivity index (χ1n) is 5.57. The Morgan fingerprint density at radius 2 is 2.44 bits per heavy atom. The van der Waals surface area contributed by atoms with Gasteiger partial charge in [-0.15, -0.1) is 0 Å². The Kier molecular flexibility index (Phi) is 6.23. The summed E-state index contributed by atoms with van der Waals surface area (Å²) in [6, 6.07) is 3.73. The molecule has 16 heavy (non-hydrogen) atoms. The van der Waals surface area contributed by atoms with E-state index in [0.717, 1.165) is 24.1 Å². The van der Waals surface area contributed by atoms with Gasteiger partial charge in [0.05, 0.1) is 6.26 Å². The molecule has 0 aliphatic carbocycles. The lowest BCUT2D eigenvalue weighted by Gasteiger charge is -2.10. The van der Waals surface area contributed by atoms with Crippen molar-refractivity contribution in [3.05, 3.63) is 24.2 Å². The van der Waals surface area contributed by atoms with Crippen LogP contribution in [0.3, 0.4) is 0 Å². The van der Waals surface area contributed by atoms with Crippen molar-refractivity contribution < 1.29 is 9.21 Å². The highest BCUT2D eigenvalue weighted by Gasteiger charge is 2.06. The number of carbonyl (C=O) groups excluding carboxylic acids is 1. The van der Waals surface area contributed by atoms with E-state index in [4.69, 9.17) is 4.42 Å². The summed E-state index contributed by atoms with van der Waals surface area (Å²) in [5.74, 6) is 1.48. The van der Waals surface area contributed by atoms with E-state index >= 15 is 0 Å². The Morgan fingerprint density at radius 3 is 3.06 bits per heavy atom. The summed E-state index contributed by atoms with van der Waals surface area (Å²) in [5, 5.41) is 3.91. The second-order valence-electron chi connectivity index (χ2n) is 3.97. The Bertz CT molecular complexity index is 298. The minimum atomic E-state index is 0.0952. The molecule has 0 aliphatic rings. The molecule has 1 unspecified atom stereocenters. The summed E-state index contributed by atoms with van der Waals surface area (Å²) in [7, 11) is 0. The van der Waals surface area contributed by atoms with Crippen molar-refractivity contribution in [2.75, 3.05) is 11.9 Å². The van der Waals surface area contributed by atoms with Crippen molar-refractivity contribution >= 4 is 21.8 Å². The van der Waals surface area contributed by atoms with Gasteiger partial charge < -0.3 is 9.73 Å². The van der Waals surface area contributed by atoms with Gasteiger partial charge in [-0.1, -0.05) is 22.9 Å². The van der Waals surface area contributed by atoms with Gasteiger partial charge in [0.2, 0.25) is 5.91 Å². The van der Waals surface area contributed by atoms with Crippen LogP contribution in [-0.2, 0) is 11.2 Å². The van der Waals surface area contributed by atoms with Crippen LogP contribution in [0.4, 0.5) is 0 Å². The summed E-state index contributed by atoms with van der Waals surface area (Å²) in [5.41, 5.74) is 0. The minimum Gasteiger partial charge on any atom is -0.469 e. The highest BCUT2D eigenvalue weighted by Crippen LogP contribution is 2.05. The van der Waals surface area contributed by atoms with Crippen LogP contribution in [0, 0.1) is 5.92 Å². The maximum atomic E-state index is 11.5. The lowest BCUT2D eigenvalue weighted by molar-refractivity contribution is -0.121. The van der Waals surface area contributed by atoms with Crippen molar-refractivity contribution in [2.45, 2.75) is 26.2 Å². The molecule has 3 nitrogen and oxygen atoms in total. The highest BCUT2D eigenvalue weighted by atomic mass is 79.9. The van der Waals surface area contributed by atoms with E-state index in [9.17, 15) is 4.79 Å². The van der Waals surface area contributed by atoms with Gasteiger partial charge in [-0.25, -0.2) is 0 Å². The van der Waals surface area contributed by atoms with Crippen molar-refractivity contribution in [3.63, 3.8) is 0 Å². The molecule has 0 radical (unpaired) electrons. The Labute approximate surface area is 105 Å². The van der Waals surface area contributed by atoms with Crippen molar-refractivity contribution in [1.29, 1.82) is 0 Å². The minimum absolute atomic E-state index is 0.0952. The van der Waals surface area contributed by atoms with Crippen LogP contribution in [0.5, 0.6) is 0 Å². The standard InChI is InChI=1S/C12H18BrNO2/c1-10(6-7-13)9-14-12(15)5-4-11-3-2-8-16-11/h2-3,8,10H,4-7,9H2,1H3,(H,14,15). The quantitative estimate of drug-likeness (QED) is 0.784. The van der Waals surface area contributed by atoms with Crippen molar-refractivity contribution in [1.82, 2.24) is 5.32 Å². The number of hydrogen-bond donors (Lipinski definition) is 1. The molecule has 0 aliphatic heterocycles. The zero-order chi connectivity index (χ0) is 11.8. The second kappa shape index (κ2) is 7.49. The molecule has 1 aromatic rings. The van der Waals surface area contributed by atoms with Crippen LogP contribution in [0.25, 0.3) is 0 Å². The van der Waals surface area contributed by atoms with Crippen LogP contribution < -0.4 is 5.32 Å². The van der Waals surface area contributed by atoms with Crippen LogP contribution in [-0.4, -0.2) is 17.8 Å². The number of rotatable bonds is 7. The first-order chi connectivity index (χ1) is 7.72. The molecule has 0 saturated heterocycles. The van der Waals surface area contributed by atoms with Gasteiger partial charge in [-0.05, 0) is 24.5 Å². The predicted octanol–water partition coefficient (Wildman–Crippen LogP) is 2.75. The molecule has 0 saturated carbocycles. The van der Waals surface area contributed by atoms with Gasteiger partial charge in [0.15, 0.2) is 0 Å². The Morgan fingerprint density at radius 1 is 1.62 bits per heavy atom. The van der Waals surface area contributed by atoms with Crippen LogP contribution in [0.2, 0.25) is 0 Å². The number of halogens is 1. The molecule has 1 N–H and O–H groups in total. The van der Waals surface area contributed by atoms with Crippen LogP contribution >= 0.6 is 15.9 Å². The summed E-state index contributed by atoms with van der Waals surface area (Å²) >= 11 is 3.39. The predicted molar refractivity (Wildman–Crippen MR) is 67.6 cm³/mol. The molecule has 1 atom stereocenters. The molecule has 0 fully saturated rings. The molecule has 1 amide bonds. The number of furan rings is 1. The van der Waals surface area contributed by atoms with Crippen LogP contribution in [0.15, 0.2) is 22.8 Å². The van der Waals surface area contributed by atoms with E-state index in [1.165, 1.54) is 0 Å². The van der Waals surface area contributed by atoms with Gasteiger partial charge in [-0.3, -0.25) is 4.79 Å². The molecule has 1 rings (SSSR count). The van der Waals surface area contributed by atoms with Crippen LogP contribution in [0.1, 0.15) is 25.5 Å². The second-order valence-corrected chi connectivity index (χ2v) is 4.76. The molecule has 1 heterocycles. The zero-order valence-corrected chi connectivity index (χ0v) is 11.1. The topological polar surface area (TPSA) is 42.2 Å². The third-order valence-corrected chi connectivity index (χ3v) is 2.89. The third kappa shape index (κ3) is 5.35. The number of amides is 1. The summed E-state index contributed by atoms with van der Waals surface area (Å²) in [4.78, 5) is 11.5. The molecular weight excluding hydrogens is 270 g/mol. The normalized spacial score (nSPS) is 12.4. The van der Waals surface area contributed by atoms with E-state index in [-0.39, 0.29) is 5.91 Å². The number of carbonyl (C=O) groups is 1. The molecule has 1 aromatic heterocycles. The lowest BCUT2D eigenvalue weighted by Crippen LogP contribution is -2.28. The van der Waals surface area contributed by atoms with Gasteiger partial charge in [0.1, 0.15) is 5.76 Å². The molecule has 0 spiro atoms. The summed E-state index contributed by atoms with van der Waals surface area (Å²) < 4.78 is 5.16. The number of alkyl halides is 1. The zero-order valence-electron chi connectivity index (χ0n) is 9.54. The van der Waals surface area contributed by atoms with Gasteiger partial charge in [-0.2, -0.15) is 0 Å². The van der Waals surface area contributed by atoms with E-state index in [1.807, 2.05) is 12.1 Å². The fourth-order valence-electron chi connectivity index (χ4n) is 1.36. The number of aryl methyl sites for hydroxylation is 1. The van der Waals surface area contributed by atoms with E-state index < -0.39 is 0 Å². The molecule has 4 heteroatoms. The van der Waals surface area contributed by atoms with Gasteiger partial charge >= 0.3 is 0 Å². The molecule has 0 bridgehead atoms. The summed E-state index contributed by atoms with van der Waals surface area (Å²) in [6.07, 6.45) is 3.88. The monoisotopic (exact) mass is 287 g/mol. The SMILES string of the molecule is CC(CCBr)CNC(=O)CCc1ccco1. The maximum Gasteiger partial charge on any atom is 0.220 e. The van der Waals surface area contributed by atoms with Crippen molar-refractivity contribution in [3.8, 4) is 0 Å². The third-order valence-electron chi connectivity index (χ3n) is 2.43. The van der Waals surface area contributed by atoms with Gasteiger partial charge in [0, 0.05) is 24.7 Å². The number of hydrogen-bond acceptors (Lipinski definition) is 2. The largest absolute Gasteiger partial charge is 0.469 e. The smallest absolute Gasteiger partial charge is 0.220 e. The van der Waals surface area contributed by atoms with E-state index in [1.54, 1.807) is 6.26 Å². The Balaban J connectivity index is 2.11. The lowest BCUT2D eigenvalue weighted by atomic mass is 10.1. The van der Waals surface area contributed by atoms with Gasteiger partial charge in [0.25, 0.3) is 0 Å². The first-order valence-corrected chi connectivity index (χ1v) is 6.69. The molecular formula is C12H18BrNO2. The Hall–Kier alpha value is -0.770. The fourth-order valence-corrected chi connectivity index (χ4v) is 2.14. The average molecular weight is 288 g/mol. The average Bonchev–Trinajstić information content (AvgIpc) is 2.77.